The molecular formula is C12H17N3O4. The number of carbonyl (C=O) groups excluding carboxylic acids is 1. The summed E-state index contributed by atoms with van der Waals surface area (Å²) >= 11 is 0. The van der Waals surface area contributed by atoms with E-state index < -0.39 is 5.97 Å². The zero-order valence-corrected chi connectivity index (χ0v) is 10.7. The Bertz CT molecular complexity index is 465. The standard InChI is InChI=1S/C12H17N3O4/c1-2-19-8-3-7(4-8)5-11(16)13-10-6-9(12(17)18)14-15-10/h6-8H,2-5H2,1H3,(H,17,18)(H2,13,14,15,16). The number of aromatic carboxylic acids is 1. The Morgan fingerprint density at radius 2 is 2.32 bits per heavy atom. The number of rotatable bonds is 6. The van der Waals surface area contributed by atoms with Gasteiger partial charge < -0.3 is 15.2 Å². The fourth-order valence-corrected chi connectivity index (χ4v) is 2.16. The van der Waals surface area contributed by atoms with E-state index in [2.05, 4.69) is 15.5 Å². The van der Waals surface area contributed by atoms with Crippen LogP contribution in [0.25, 0.3) is 0 Å². The Kier molecular flexibility index (Phi) is 4.16. The summed E-state index contributed by atoms with van der Waals surface area (Å²) in [6, 6.07) is 1.30. The van der Waals surface area contributed by atoms with Crippen molar-refractivity contribution in [3.05, 3.63) is 11.8 Å². The predicted octanol–water partition coefficient (Wildman–Crippen LogP) is 1.25. The van der Waals surface area contributed by atoms with Gasteiger partial charge in [-0.3, -0.25) is 9.89 Å². The molecule has 0 bridgehead atoms. The van der Waals surface area contributed by atoms with E-state index in [9.17, 15) is 9.59 Å². The summed E-state index contributed by atoms with van der Waals surface area (Å²) < 4.78 is 5.42. The first-order valence-electron chi connectivity index (χ1n) is 6.28. The number of nitrogens with zero attached hydrogens (tertiary/aromatic N) is 1. The van der Waals surface area contributed by atoms with Gasteiger partial charge in [0.2, 0.25) is 5.91 Å². The second kappa shape index (κ2) is 5.83. The fourth-order valence-electron chi connectivity index (χ4n) is 2.16. The molecular weight excluding hydrogens is 250 g/mol. The van der Waals surface area contributed by atoms with Crippen LogP contribution in [0.15, 0.2) is 6.07 Å². The Hall–Kier alpha value is -1.89. The maximum absolute atomic E-state index is 11.7. The molecule has 1 amide bonds. The first-order valence-corrected chi connectivity index (χ1v) is 6.28. The number of carboxylic acids is 1. The van der Waals surface area contributed by atoms with Gasteiger partial charge in [-0.25, -0.2) is 4.79 Å². The third-order valence-corrected chi connectivity index (χ3v) is 3.14. The summed E-state index contributed by atoms with van der Waals surface area (Å²) in [7, 11) is 0. The third-order valence-electron chi connectivity index (χ3n) is 3.14. The number of carbonyl (C=O) groups is 2. The lowest BCUT2D eigenvalue weighted by molar-refractivity contribution is -0.119. The number of anilines is 1. The van der Waals surface area contributed by atoms with Crippen molar-refractivity contribution in [2.45, 2.75) is 32.3 Å². The Morgan fingerprint density at radius 3 is 2.89 bits per heavy atom. The molecule has 1 aromatic rings. The third kappa shape index (κ3) is 3.54. The van der Waals surface area contributed by atoms with Crippen LogP contribution in [0.5, 0.6) is 0 Å². The van der Waals surface area contributed by atoms with E-state index >= 15 is 0 Å². The van der Waals surface area contributed by atoms with Gasteiger partial charge in [0.25, 0.3) is 0 Å². The van der Waals surface area contributed by atoms with Crippen molar-refractivity contribution < 1.29 is 19.4 Å². The van der Waals surface area contributed by atoms with Gasteiger partial charge in [0.15, 0.2) is 5.82 Å². The highest BCUT2D eigenvalue weighted by molar-refractivity contribution is 5.92. The van der Waals surface area contributed by atoms with Crippen LogP contribution in [-0.4, -0.2) is 39.9 Å². The molecule has 7 heteroatoms. The second-order valence-electron chi connectivity index (χ2n) is 4.64. The van der Waals surface area contributed by atoms with Gasteiger partial charge in [-0.2, -0.15) is 5.10 Å². The van der Waals surface area contributed by atoms with Gasteiger partial charge in [0, 0.05) is 19.1 Å². The Morgan fingerprint density at radius 1 is 1.58 bits per heavy atom. The zero-order chi connectivity index (χ0) is 13.8. The van der Waals surface area contributed by atoms with E-state index in [1.807, 2.05) is 6.92 Å². The number of carboxylic acid groups (broad SMARTS) is 1. The van der Waals surface area contributed by atoms with Crippen LogP contribution < -0.4 is 5.32 Å². The van der Waals surface area contributed by atoms with E-state index in [-0.39, 0.29) is 23.5 Å². The van der Waals surface area contributed by atoms with E-state index in [0.29, 0.717) is 18.9 Å². The maximum atomic E-state index is 11.7. The average molecular weight is 267 g/mol. The van der Waals surface area contributed by atoms with E-state index in [1.54, 1.807) is 0 Å². The van der Waals surface area contributed by atoms with E-state index in [1.165, 1.54) is 6.07 Å². The zero-order valence-electron chi connectivity index (χ0n) is 10.7. The molecule has 1 aliphatic carbocycles. The molecule has 1 fully saturated rings. The number of nitrogens with one attached hydrogen (secondary N) is 2. The van der Waals surface area contributed by atoms with Crippen LogP contribution in [0, 0.1) is 5.92 Å². The molecule has 7 nitrogen and oxygen atoms in total. The van der Waals surface area contributed by atoms with Crippen molar-refractivity contribution in [2.24, 2.45) is 5.92 Å². The smallest absolute Gasteiger partial charge is 0.353 e. The summed E-state index contributed by atoms with van der Waals surface area (Å²) in [5.41, 5.74) is -0.0460. The molecule has 0 aliphatic heterocycles. The minimum absolute atomic E-state index is 0.0460. The van der Waals surface area contributed by atoms with Crippen LogP contribution in [0.3, 0.4) is 0 Å². The number of hydrogen-bond donors (Lipinski definition) is 3. The lowest BCUT2D eigenvalue weighted by Crippen LogP contribution is -2.33. The van der Waals surface area contributed by atoms with Gasteiger partial charge in [-0.05, 0) is 25.7 Å². The van der Waals surface area contributed by atoms with Crippen molar-refractivity contribution in [3.63, 3.8) is 0 Å². The molecule has 0 aromatic carbocycles. The molecule has 1 saturated carbocycles. The normalized spacial score (nSPS) is 21.7. The van der Waals surface area contributed by atoms with Gasteiger partial charge in [-0.1, -0.05) is 0 Å². The summed E-state index contributed by atoms with van der Waals surface area (Å²) in [5, 5.41) is 17.3. The van der Waals surface area contributed by atoms with Gasteiger partial charge in [0.05, 0.1) is 6.10 Å². The lowest BCUT2D eigenvalue weighted by atomic mass is 9.80. The molecule has 1 aliphatic rings. The summed E-state index contributed by atoms with van der Waals surface area (Å²) in [5.74, 6) is -0.674. The number of ether oxygens (including phenoxy) is 1. The molecule has 1 heterocycles. The van der Waals surface area contributed by atoms with Crippen LogP contribution in [0.1, 0.15) is 36.7 Å². The molecule has 104 valence electrons. The number of aromatic nitrogens is 2. The Balaban J connectivity index is 1.74. The Labute approximate surface area is 110 Å². The van der Waals surface area contributed by atoms with Crippen LogP contribution in [0.2, 0.25) is 0 Å². The molecule has 1 aromatic heterocycles. The first-order chi connectivity index (χ1) is 9.08. The van der Waals surface area contributed by atoms with Crippen molar-refractivity contribution in [3.8, 4) is 0 Å². The van der Waals surface area contributed by atoms with Crippen molar-refractivity contribution in [2.75, 3.05) is 11.9 Å². The van der Waals surface area contributed by atoms with Crippen molar-refractivity contribution in [1.29, 1.82) is 0 Å². The quantitative estimate of drug-likeness (QED) is 0.719. The van der Waals surface area contributed by atoms with Crippen molar-refractivity contribution in [1.82, 2.24) is 10.2 Å². The van der Waals surface area contributed by atoms with Crippen LogP contribution >= 0.6 is 0 Å². The molecule has 0 spiro atoms. The largest absolute Gasteiger partial charge is 0.477 e. The monoisotopic (exact) mass is 267 g/mol. The van der Waals surface area contributed by atoms with Gasteiger partial charge in [-0.15, -0.1) is 0 Å². The topological polar surface area (TPSA) is 104 Å². The number of hydrogen-bond acceptors (Lipinski definition) is 4. The molecule has 0 saturated heterocycles. The average Bonchev–Trinajstić information content (AvgIpc) is 2.75. The summed E-state index contributed by atoms with van der Waals surface area (Å²) in [4.78, 5) is 22.3. The fraction of sp³-hybridized carbons (Fsp3) is 0.583. The maximum Gasteiger partial charge on any atom is 0.353 e. The van der Waals surface area contributed by atoms with Crippen LogP contribution in [0.4, 0.5) is 5.82 Å². The van der Waals surface area contributed by atoms with E-state index in [0.717, 1.165) is 12.8 Å². The molecule has 19 heavy (non-hydrogen) atoms. The first kappa shape index (κ1) is 13.5. The molecule has 0 radical (unpaired) electrons. The van der Waals surface area contributed by atoms with Crippen LogP contribution in [-0.2, 0) is 9.53 Å². The van der Waals surface area contributed by atoms with Crippen molar-refractivity contribution >= 4 is 17.7 Å². The minimum atomic E-state index is -1.11. The molecule has 2 rings (SSSR count). The van der Waals surface area contributed by atoms with Gasteiger partial charge in [0.1, 0.15) is 5.69 Å². The predicted molar refractivity (Wildman–Crippen MR) is 66.9 cm³/mol. The SMILES string of the molecule is CCOC1CC(CC(=O)Nc2cc(C(=O)O)[nH]n2)C1. The lowest BCUT2D eigenvalue weighted by Gasteiger charge is -2.34. The molecule has 3 N–H and O–H groups in total. The summed E-state index contributed by atoms with van der Waals surface area (Å²) in [6.07, 6.45) is 2.51. The molecule has 0 unspecified atom stereocenters. The number of H-pyrrole nitrogens is 1. The summed E-state index contributed by atoms with van der Waals surface area (Å²) in [6.45, 7) is 2.66. The molecule has 0 atom stereocenters. The highest BCUT2D eigenvalue weighted by Gasteiger charge is 2.31. The number of amides is 1. The van der Waals surface area contributed by atoms with E-state index in [4.69, 9.17) is 9.84 Å². The number of aromatic amines is 1. The highest BCUT2D eigenvalue weighted by Crippen LogP contribution is 2.32. The highest BCUT2D eigenvalue weighted by atomic mass is 16.5. The minimum Gasteiger partial charge on any atom is -0.477 e. The van der Waals surface area contributed by atoms with Gasteiger partial charge >= 0.3 is 5.97 Å². The second-order valence-corrected chi connectivity index (χ2v) is 4.64.